The summed E-state index contributed by atoms with van der Waals surface area (Å²) in [4.78, 5) is 20.7. The molecule has 9 nitrogen and oxygen atoms in total. The predicted octanol–water partition coefficient (Wildman–Crippen LogP) is 2.73. The number of amides is 1. The summed E-state index contributed by atoms with van der Waals surface area (Å²) in [6.07, 6.45) is 2.12. The van der Waals surface area contributed by atoms with Gasteiger partial charge in [0.1, 0.15) is 5.69 Å². The number of ether oxygens (including phenoxy) is 3. The van der Waals surface area contributed by atoms with Gasteiger partial charge in [-0.3, -0.25) is 9.78 Å². The van der Waals surface area contributed by atoms with Crippen molar-refractivity contribution < 1.29 is 23.5 Å². The van der Waals surface area contributed by atoms with Gasteiger partial charge >= 0.3 is 0 Å². The molecule has 2 aromatic heterocycles. The molecule has 2 heterocycles. The fourth-order valence-corrected chi connectivity index (χ4v) is 2.55. The Balaban J connectivity index is 1.63. The molecule has 1 aromatic carbocycles. The van der Waals surface area contributed by atoms with Crippen molar-refractivity contribution in [1.29, 1.82) is 0 Å². The lowest BCUT2D eigenvalue weighted by Gasteiger charge is -2.14. The van der Waals surface area contributed by atoms with Gasteiger partial charge in [0.15, 0.2) is 11.5 Å². The van der Waals surface area contributed by atoms with Gasteiger partial charge in [-0.1, -0.05) is 11.2 Å². The van der Waals surface area contributed by atoms with Gasteiger partial charge in [-0.25, -0.2) is 0 Å². The molecule has 0 saturated heterocycles. The van der Waals surface area contributed by atoms with Crippen LogP contribution in [0.2, 0.25) is 0 Å². The summed E-state index contributed by atoms with van der Waals surface area (Å²) < 4.78 is 21.0. The molecule has 1 N–H and O–H groups in total. The van der Waals surface area contributed by atoms with Gasteiger partial charge in [0.2, 0.25) is 23.4 Å². The van der Waals surface area contributed by atoms with Crippen LogP contribution in [0.25, 0.3) is 11.5 Å². The van der Waals surface area contributed by atoms with Gasteiger partial charge < -0.3 is 24.1 Å². The average molecular weight is 384 g/mol. The first kappa shape index (κ1) is 19.2. The zero-order valence-corrected chi connectivity index (χ0v) is 15.8. The molecule has 0 radical (unpaired) electrons. The summed E-state index contributed by atoms with van der Waals surface area (Å²) in [6, 6.07) is 8.74. The first-order valence-corrected chi connectivity index (χ1v) is 8.48. The van der Waals surface area contributed by atoms with Crippen molar-refractivity contribution in [3.63, 3.8) is 0 Å². The maximum absolute atomic E-state index is 12.3. The first-order chi connectivity index (χ1) is 13.6. The zero-order valence-electron chi connectivity index (χ0n) is 15.8. The van der Waals surface area contributed by atoms with Crippen molar-refractivity contribution >= 4 is 11.6 Å². The van der Waals surface area contributed by atoms with Crippen LogP contribution in [0.15, 0.2) is 41.1 Å². The Morgan fingerprint density at radius 1 is 1.11 bits per heavy atom. The van der Waals surface area contributed by atoms with Crippen molar-refractivity contribution in [2.75, 3.05) is 26.6 Å². The summed E-state index contributed by atoms with van der Waals surface area (Å²) in [5, 5.41) is 6.68. The number of methoxy groups -OCH3 is 3. The number of hydrogen-bond acceptors (Lipinski definition) is 8. The van der Waals surface area contributed by atoms with Gasteiger partial charge in [-0.05, 0) is 12.1 Å². The third-order valence-electron chi connectivity index (χ3n) is 3.88. The molecule has 1 amide bonds. The summed E-state index contributed by atoms with van der Waals surface area (Å²) >= 11 is 0. The third kappa shape index (κ3) is 4.37. The lowest BCUT2D eigenvalue weighted by Crippen LogP contribution is -2.12. The van der Waals surface area contributed by atoms with Crippen molar-refractivity contribution in [2.45, 2.75) is 12.8 Å². The highest BCUT2D eigenvalue weighted by atomic mass is 16.5. The Morgan fingerprint density at radius 3 is 2.46 bits per heavy atom. The van der Waals surface area contributed by atoms with E-state index in [0.717, 1.165) is 0 Å². The second-order valence-corrected chi connectivity index (χ2v) is 5.69. The topological polar surface area (TPSA) is 109 Å². The summed E-state index contributed by atoms with van der Waals surface area (Å²) in [7, 11) is 4.54. The van der Waals surface area contributed by atoms with E-state index in [-0.39, 0.29) is 12.3 Å². The van der Waals surface area contributed by atoms with Crippen LogP contribution in [0.5, 0.6) is 17.2 Å². The lowest BCUT2D eigenvalue weighted by atomic mass is 10.2. The number of nitrogens with one attached hydrogen (secondary N) is 1. The number of benzene rings is 1. The smallest absolute Gasteiger partial charge is 0.227 e. The van der Waals surface area contributed by atoms with E-state index in [2.05, 4.69) is 20.4 Å². The Kier molecular flexibility index (Phi) is 6.05. The van der Waals surface area contributed by atoms with Crippen molar-refractivity contribution in [1.82, 2.24) is 15.1 Å². The van der Waals surface area contributed by atoms with E-state index in [1.54, 1.807) is 30.5 Å². The SMILES string of the molecule is COc1cc(NC(=O)CCc2nc(-c3ccccn3)no2)cc(OC)c1OC. The molecule has 0 aliphatic heterocycles. The largest absolute Gasteiger partial charge is 0.493 e. The number of anilines is 1. The Morgan fingerprint density at radius 2 is 1.86 bits per heavy atom. The molecule has 0 fully saturated rings. The third-order valence-corrected chi connectivity index (χ3v) is 3.88. The predicted molar refractivity (Wildman–Crippen MR) is 101 cm³/mol. The van der Waals surface area contributed by atoms with Crippen LogP contribution in [0.1, 0.15) is 12.3 Å². The summed E-state index contributed by atoms with van der Waals surface area (Å²) in [6.45, 7) is 0. The van der Waals surface area contributed by atoms with E-state index in [1.165, 1.54) is 21.3 Å². The quantitative estimate of drug-likeness (QED) is 0.631. The molecule has 9 heteroatoms. The van der Waals surface area contributed by atoms with Crippen LogP contribution in [-0.4, -0.2) is 42.4 Å². The second kappa shape index (κ2) is 8.85. The van der Waals surface area contributed by atoms with E-state index >= 15 is 0 Å². The average Bonchev–Trinajstić information content (AvgIpc) is 3.21. The van der Waals surface area contributed by atoms with Crippen molar-refractivity contribution in [3.05, 3.63) is 42.4 Å². The van der Waals surface area contributed by atoms with Crippen LogP contribution in [0.3, 0.4) is 0 Å². The highest BCUT2D eigenvalue weighted by Crippen LogP contribution is 2.39. The van der Waals surface area contributed by atoms with Crippen LogP contribution in [0.4, 0.5) is 5.69 Å². The van der Waals surface area contributed by atoms with Crippen LogP contribution in [0, 0.1) is 0 Å². The molecular formula is C19H20N4O5. The van der Waals surface area contributed by atoms with E-state index in [0.29, 0.717) is 46.8 Å². The standard InChI is InChI=1S/C19H20N4O5/c1-25-14-10-12(11-15(26-2)18(14)27-3)21-16(24)7-8-17-22-19(23-28-17)13-6-4-5-9-20-13/h4-6,9-11H,7-8H2,1-3H3,(H,21,24). The van der Waals surface area contributed by atoms with Gasteiger partial charge in [0.05, 0.1) is 21.3 Å². The van der Waals surface area contributed by atoms with E-state index < -0.39 is 0 Å². The number of pyridine rings is 1. The minimum absolute atomic E-state index is 0.167. The number of carbonyl (C=O) groups excluding carboxylic acids is 1. The van der Waals surface area contributed by atoms with Crippen LogP contribution in [-0.2, 0) is 11.2 Å². The molecule has 0 spiro atoms. The van der Waals surface area contributed by atoms with Gasteiger partial charge in [0.25, 0.3) is 0 Å². The molecule has 146 valence electrons. The number of carbonyl (C=O) groups is 1. The summed E-state index contributed by atoms with van der Waals surface area (Å²) in [5.74, 6) is 1.90. The number of hydrogen-bond donors (Lipinski definition) is 1. The molecule has 0 aliphatic rings. The number of rotatable bonds is 8. The van der Waals surface area contributed by atoms with Crippen LogP contribution >= 0.6 is 0 Å². The molecule has 3 rings (SSSR count). The number of aryl methyl sites for hydroxylation is 1. The Bertz CT molecular complexity index is 918. The Hall–Kier alpha value is -3.62. The fraction of sp³-hybridized carbons (Fsp3) is 0.263. The van der Waals surface area contributed by atoms with Gasteiger partial charge in [-0.2, -0.15) is 4.98 Å². The summed E-state index contributed by atoms with van der Waals surface area (Å²) in [5.41, 5.74) is 1.14. The second-order valence-electron chi connectivity index (χ2n) is 5.69. The number of nitrogens with zero attached hydrogens (tertiary/aromatic N) is 3. The van der Waals surface area contributed by atoms with Gasteiger partial charge in [0, 0.05) is 36.9 Å². The minimum Gasteiger partial charge on any atom is -0.493 e. The number of aromatic nitrogens is 3. The molecule has 3 aromatic rings. The van der Waals surface area contributed by atoms with Gasteiger partial charge in [-0.15, -0.1) is 0 Å². The van der Waals surface area contributed by atoms with Crippen LogP contribution < -0.4 is 19.5 Å². The Labute approximate surface area is 161 Å². The van der Waals surface area contributed by atoms with E-state index in [9.17, 15) is 4.79 Å². The normalized spacial score (nSPS) is 10.4. The maximum Gasteiger partial charge on any atom is 0.227 e. The molecule has 0 bridgehead atoms. The first-order valence-electron chi connectivity index (χ1n) is 8.48. The highest BCUT2D eigenvalue weighted by molar-refractivity contribution is 5.91. The van der Waals surface area contributed by atoms with Crippen molar-refractivity contribution in [2.24, 2.45) is 0 Å². The molecule has 28 heavy (non-hydrogen) atoms. The lowest BCUT2D eigenvalue weighted by molar-refractivity contribution is -0.116. The molecule has 0 atom stereocenters. The molecule has 0 unspecified atom stereocenters. The molecule has 0 aliphatic carbocycles. The molecule has 0 saturated carbocycles. The van der Waals surface area contributed by atoms with E-state index in [4.69, 9.17) is 18.7 Å². The zero-order chi connectivity index (χ0) is 19.9. The monoisotopic (exact) mass is 384 g/mol. The van der Waals surface area contributed by atoms with E-state index in [1.807, 2.05) is 6.07 Å². The highest BCUT2D eigenvalue weighted by Gasteiger charge is 2.15. The fourth-order valence-electron chi connectivity index (χ4n) is 2.55. The molecular weight excluding hydrogens is 364 g/mol. The minimum atomic E-state index is -0.216. The van der Waals surface area contributed by atoms with Crippen molar-refractivity contribution in [3.8, 4) is 28.8 Å². The maximum atomic E-state index is 12.3.